The molecule has 188 valence electrons. The quantitative estimate of drug-likeness (QED) is 0.353. The van der Waals surface area contributed by atoms with Gasteiger partial charge in [0.2, 0.25) is 0 Å². The SMILES string of the molecule is C/C(=N/NC(=O)c1ccc(OC[C@H](O)CN2CCN(c3ccc(F)cc3)CC2)cc1)c1ccncc1. The normalized spacial score (nSPS) is 15.4. The molecule has 1 saturated heterocycles. The number of ether oxygens (including phenoxy) is 1. The molecule has 8 nitrogen and oxygen atoms in total. The molecule has 2 N–H and O–H groups in total. The van der Waals surface area contributed by atoms with Gasteiger partial charge in [-0.1, -0.05) is 0 Å². The minimum absolute atomic E-state index is 0.152. The van der Waals surface area contributed by atoms with Crippen LogP contribution in [0.25, 0.3) is 0 Å². The minimum atomic E-state index is -0.643. The van der Waals surface area contributed by atoms with Gasteiger partial charge in [0.25, 0.3) is 5.91 Å². The molecule has 1 atom stereocenters. The van der Waals surface area contributed by atoms with E-state index in [1.807, 2.05) is 19.1 Å². The summed E-state index contributed by atoms with van der Waals surface area (Å²) in [6.07, 6.45) is 2.69. The summed E-state index contributed by atoms with van der Waals surface area (Å²) < 4.78 is 18.8. The van der Waals surface area contributed by atoms with Crippen molar-refractivity contribution in [3.8, 4) is 5.75 Å². The molecule has 9 heteroatoms. The highest BCUT2D eigenvalue weighted by molar-refractivity contribution is 6.00. The Morgan fingerprint density at radius 3 is 2.36 bits per heavy atom. The number of piperazine rings is 1. The van der Waals surface area contributed by atoms with Gasteiger partial charge in [-0.05, 0) is 67.6 Å². The number of halogens is 1. The number of carbonyl (C=O) groups excluding carboxylic acids is 1. The lowest BCUT2D eigenvalue weighted by atomic mass is 10.2. The van der Waals surface area contributed by atoms with Crippen LogP contribution in [0.3, 0.4) is 0 Å². The number of hydrogen-bond donors (Lipinski definition) is 2. The fourth-order valence-electron chi connectivity index (χ4n) is 3.94. The molecule has 0 saturated carbocycles. The van der Waals surface area contributed by atoms with Gasteiger partial charge in [0.05, 0.1) is 5.71 Å². The maximum Gasteiger partial charge on any atom is 0.271 e. The summed E-state index contributed by atoms with van der Waals surface area (Å²) >= 11 is 0. The van der Waals surface area contributed by atoms with E-state index in [1.165, 1.54) is 12.1 Å². The van der Waals surface area contributed by atoms with Gasteiger partial charge in [0.1, 0.15) is 24.3 Å². The third-order valence-corrected chi connectivity index (χ3v) is 6.02. The Balaban J connectivity index is 1.18. The summed E-state index contributed by atoms with van der Waals surface area (Å²) in [5.74, 6) is 0.0117. The predicted molar refractivity (Wildman–Crippen MR) is 137 cm³/mol. The second kappa shape index (κ2) is 12.2. The van der Waals surface area contributed by atoms with Crippen LogP contribution in [0.1, 0.15) is 22.8 Å². The Labute approximate surface area is 210 Å². The zero-order valence-corrected chi connectivity index (χ0v) is 20.2. The number of rotatable bonds is 9. The zero-order valence-electron chi connectivity index (χ0n) is 20.2. The Morgan fingerprint density at radius 1 is 1.03 bits per heavy atom. The highest BCUT2D eigenvalue weighted by atomic mass is 19.1. The largest absolute Gasteiger partial charge is 0.491 e. The van der Waals surface area contributed by atoms with Crippen LogP contribution in [-0.4, -0.2) is 72.0 Å². The molecule has 0 aliphatic carbocycles. The van der Waals surface area contributed by atoms with Gasteiger partial charge >= 0.3 is 0 Å². The summed E-state index contributed by atoms with van der Waals surface area (Å²) in [6.45, 7) is 5.71. The number of nitrogens with zero attached hydrogens (tertiary/aromatic N) is 4. The van der Waals surface area contributed by atoms with Gasteiger partial charge in [0.15, 0.2) is 0 Å². The average Bonchev–Trinajstić information content (AvgIpc) is 2.92. The standard InChI is InChI=1S/C27H30FN5O3/c1-20(21-10-12-29-13-11-21)30-31-27(35)22-2-8-26(9-3-22)36-19-25(34)18-32-14-16-33(17-15-32)24-6-4-23(28)5-7-24/h2-13,25,34H,14-19H2,1H3,(H,31,35)/b30-20-/t25-/m1/s1. The summed E-state index contributed by atoms with van der Waals surface area (Å²) in [4.78, 5) is 20.7. The van der Waals surface area contributed by atoms with E-state index in [0.29, 0.717) is 23.6 Å². The number of anilines is 1. The van der Waals surface area contributed by atoms with E-state index in [4.69, 9.17) is 4.74 Å². The number of β-amino-alcohol motifs (C(OH)–C–C–N with tert-alkyl or cyclic N) is 1. The molecule has 36 heavy (non-hydrogen) atoms. The van der Waals surface area contributed by atoms with E-state index in [1.54, 1.807) is 48.8 Å². The Kier molecular flexibility index (Phi) is 8.59. The molecule has 1 amide bonds. The van der Waals surface area contributed by atoms with E-state index < -0.39 is 6.10 Å². The first-order chi connectivity index (χ1) is 17.5. The molecule has 0 unspecified atom stereocenters. The van der Waals surface area contributed by atoms with E-state index >= 15 is 0 Å². The van der Waals surface area contributed by atoms with Gasteiger partial charge in [-0.25, -0.2) is 9.82 Å². The fourth-order valence-corrected chi connectivity index (χ4v) is 3.94. The molecule has 3 aromatic rings. The van der Waals surface area contributed by atoms with Crippen molar-refractivity contribution >= 4 is 17.3 Å². The first-order valence-electron chi connectivity index (χ1n) is 11.9. The topological polar surface area (TPSA) is 90.3 Å². The van der Waals surface area contributed by atoms with Crippen molar-refractivity contribution in [2.75, 3.05) is 44.2 Å². The molecule has 0 bridgehead atoms. The predicted octanol–water partition coefficient (Wildman–Crippen LogP) is 2.94. The lowest BCUT2D eigenvalue weighted by molar-refractivity contribution is 0.0663. The highest BCUT2D eigenvalue weighted by Crippen LogP contribution is 2.17. The first-order valence-corrected chi connectivity index (χ1v) is 11.9. The van der Waals surface area contributed by atoms with E-state index in [0.717, 1.165) is 37.4 Å². The van der Waals surface area contributed by atoms with Crippen LogP contribution in [0.2, 0.25) is 0 Å². The van der Waals surface area contributed by atoms with Crippen molar-refractivity contribution in [1.82, 2.24) is 15.3 Å². The monoisotopic (exact) mass is 491 g/mol. The van der Waals surface area contributed by atoms with E-state index in [2.05, 4.69) is 25.3 Å². The van der Waals surface area contributed by atoms with Crippen LogP contribution in [-0.2, 0) is 0 Å². The number of benzene rings is 2. The minimum Gasteiger partial charge on any atom is -0.491 e. The van der Waals surface area contributed by atoms with E-state index in [9.17, 15) is 14.3 Å². The van der Waals surface area contributed by atoms with Crippen LogP contribution in [0.4, 0.5) is 10.1 Å². The summed E-state index contributed by atoms with van der Waals surface area (Å²) in [5, 5.41) is 14.6. The molecule has 1 fully saturated rings. The maximum atomic E-state index is 13.1. The van der Waals surface area contributed by atoms with Crippen LogP contribution in [0.5, 0.6) is 5.75 Å². The second-order valence-corrected chi connectivity index (χ2v) is 8.63. The van der Waals surface area contributed by atoms with Gasteiger partial charge in [0, 0.05) is 61.9 Å². The number of hydrazone groups is 1. The Hall–Kier alpha value is -3.82. The van der Waals surface area contributed by atoms with Crippen molar-refractivity contribution in [3.63, 3.8) is 0 Å². The fraction of sp³-hybridized carbons (Fsp3) is 0.296. The summed E-state index contributed by atoms with van der Waals surface area (Å²) in [6, 6.07) is 16.9. The van der Waals surface area contributed by atoms with Crippen molar-refractivity contribution in [2.24, 2.45) is 5.10 Å². The smallest absolute Gasteiger partial charge is 0.271 e. The van der Waals surface area contributed by atoms with Gasteiger partial charge in [-0.2, -0.15) is 5.10 Å². The number of aromatic nitrogens is 1. The van der Waals surface area contributed by atoms with Crippen molar-refractivity contribution < 1.29 is 19.0 Å². The Bertz CT molecular complexity index is 1150. The molecule has 0 spiro atoms. The molecule has 4 rings (SSSR count). The van der Waals surface area contributed by atoms with E-state index in [-0.39, 0.29) is 18.3 Å². The molecule has 2 aromatic carbocycles. The van der Waals surface area contributed by atoms with Gasteiger partial charge in [-0.3, -0.25) is 14.7 Å². The average molecular weight is 492 g/mol. The molecule has 2 heterocycles. The number of pyridine rings is 1. The highest BCUT2D eigenvalue weighted by Gasteiger charge is 2.20. The molecular formula is C27H30FN5O3. The summed E-state index contributed by atoms with van der Waals surface area (Å²) in [7, 11) is 0. The van der Waals surface area contributed by atoms with Crippen LogP contribution < -0.4 is 15.1 Å². The van der Waals surface area contributed by atoms with Crippen LogP contribution in [0, 0.1) is 5.82 Å². The molecule has 1 aliphatic heterocycles. The molecule has 0 radical (unpaired) electrons. The number of hydrogen-bond acceptors (Lipinski definition) is 7. The first kappa shape index (κ1) is 25.3. The summed E-state index contributed by atoms with van der Waals surface area (Å²) in [5.41, 5.74) is 5.56. The second-order valence-electron chi connectivity index (χ2n) is 8.63. The number of aliphatic hydroxyl groups is 1. The number of aliphatic hydroxyl groups excluding tert-OH is 1. The zero-order chi connectivity index (χ0) is 25.3. The lowest BCUT2D eigenvalue weighted by Crippen LogP contribution is -2.49. The van der Waals surface area contributed by atoms with Gasteiger partial charge < -0.3 is 14.7 Å². The lowest BCUT2D eigenvalue weighted by Gasteiger charge is -2.36. The van der Waals surface area contributed by atoms with Crippen molar-refractivity contribution in [2.45, 2.75) is 13.0 Å². The van der Waals surface area contributed by atoms with Gasteiger partial charge in [-0.15, -0.1) is 0 Å². The third kappa shape index (κ3) is 7.10. The van der Waals surface area contributed by atoms with Crippen molar-refractivity contribution in [3.05, 3.63) is 90.0 Å². The molecule has 1 aromatic heterocycles. The van der Waals surface area contributed by atoms with Crippen LogP contribution >= 0.6 is 0 Å². The number of amides is 1. The maximum absolute atomic E-state index is 13.1. The number of nitrogens with one attached hydrogen (secondary N) is 1. The van der Waals surface area contributed by atoms with Crippen molar-refractivity contribution in [1.29, 1.82) is 0 Å². The Morgan fingerprint density at radius 2 is 1.69 bits per heavy atom. The molecular weight excluding hydrogens is 461 g/mol. The number of carbonyl (C=O) groups is 1. The third-order valence-electron chi connectivity index (χ3n) is 6.02. The molecule has 1 aliphatic rings. The van der Waals surface area contributed by atoms with Crippen LogP contribution in [0.15, 0.2) is 78.2 Å².